The van der Waals surface area contributed by atoms with E-state index in [1.807, 2.05) is 0 Å². The highest BCUT2D eigenvalue weighted by molar-refractivity contribution is 5.89. The first-order valence-electron chi connectivity index (χ1n) is 9.42. The Kier molecular flexibility index (Phi) is 5.21. The van der Waals surface area contributed by atoms with E-state index in [1.54, 1.807) is 12.3 Å². The third-order valence-corrected chi connectivity index (χ3v) is 5.41. The van der Waals surface area contributed by atoms with Gasteiger partial charge in [0.05, 0.1) is 25.4 Å². The predicted molar refractivity (Wildman–Crippen MR) is 102 cm³/mol. The van der Waals surface area contributed by atoms with Crippen molar-refractivity contribution in [3.05, 3.63) is 65.0 Å². The van der Waals surface area contributed by atoms with E-state index in [9.17, 15) is 9.90 Å². The summed E-state index contributed by atoms with van der Waals surface area (Å²) in [6.07, 6.45) is 8.81. The molecule has 0 bridgehead atoms. The molecule has 0 fully saturated rings. The van der Waals surface area contributed by atoms with Crippen LogP contribution in [0.5, 0.6) is 5.75 Å². The minimum Gasteiger partial charge on any atom is -0.493 e. The maximum atomic E-state index is 11.4. The van der Waals surface area contributed by atoms with Crippen LogP contribution in [0, 0.1) is 0 Å². The fourth-order valence-electron chi connectivity index (χ4n) is 3.92. The van der Waals surface area contributed by atoms with Gasteiger partial charge in [-0.25, -0.2) is 4.79 Å². The van der Waals surface area contributed by atoms with Gasteiger partial charge in [0, 0.05) is 12.4 Å². The molecular weight excluding hydrogens is 342 g/mol. The Hall–Kier alpha value is -2.66. The van der Waals surface area contributed by atoms with Crippen molar-refractivity contribution in [3.8, 4) is 5.75 Å². The molecule has 1 aromatic heterocycles. The fourth-order valence-corrected chi connectivity index (χ4v) is 3.92. The van der Waals surface area contributed by atoms with Gasteiger partial charge in [-0.05, 0) is 66.0 Å². The number of aromatic carboxylic acids is 1. The van der Waals surface area contributed by atoms with Crippen LogP contribution in [-0.2, 0) is 11.2 Å². The molecule has 5 nitrogen and oxygen atoms in total. The molecule has 1 atom stereocenters. The van der Waals surface area contributed by atoms with Gasteiger partial charge < -0.3 is 14.6 Å². The van der Waals surface area contributed by atoms with Crippen molar-refractivity contribution in [1.29, 1.82) is 0 Å². The molecule has 0 saturated carbocycles. The number of carboxylic acids is 1. The van der Waals surface area contributed by atoms with Crippen LogP contribution in [0.4, 0.5) is 0 Å². The van der Waals surface area contributed by atoms with Gasteiger partial charge in [-0.1, -0.05) is 18.2 Å². The number of hydrogen-bond acceptors (Lipinski definition) is 4. The van der Waals surface area contributed by atoms with Gasteiger partial charge in [-0.3, -0.25) is 4.98 Å². The van der Waals surface area contributed by atoms with E-state index in [0.29, 0.717) is 31.1 Å². The summed E-state index contributed by atoms with van der Waals surface area (Å²) < 4.78 is 11.3. The Balaban J connectivity index is 1.52. The van der Waals surface area contributed by atoms with Gasteiger partial charge in [0.25, 0.3) is 0 Å². The SMILES string of the molecule is O=C(O)c1ccncc1CC[C@H]1CCOc2cc(C3=CCOCC3)ccc21. The van der Waals surface area contributed by atoms with E-state index in [1.165, 1.54) is 22.9 Å². The number of aromatic nitrogens is 1. The second kappa shape index (κ2) is 7.92. The number of rotatable bonds is 5. The molecule has 0 saturated heterocycles. The highest BCUT2D eigenvalue weighted by Gasteiger charge is 2.23. The van der Waals surface area contributed by atoms with E-state index >= 15 is 0 Å². The number of ether oxygens (including phenoxy) is 2. The van der Waals surface area contributed by atoms with Gasteiger partial charge in [0.1, 0.15) is 5.75 Å². The topological polar surface area (TPSA) is 68.7 Å². The van der Waals surface area contributed by atoms with E-state index in [2.05, 4.69) is 29.3 Å². The number of aryl methyl sites for hydroxylation is 1. The highest BCUT2D eigenvalue weighted by Crippen LogP contribution is 2.38. The zero-order chi connectivity index (χ0) is 18.6. The lowest BCUT2D eigenvalue weighted by atomic mass is 9.86. The van der Waals surface area contributed by atoms with E-state index in [4.69, 9.17) is 9.47 Å². The maximum Gasteiger partial charge on any atom is 0.336 e. The summed E-state index contributed by atoms with van der Waals surface area (Å²) in [6, 6.07) is 8.06. The molecule has 0 radical (unpaired) electrons. The monoisotopic (exact) mass is 365 g/mol. The van der Waals surface area contributed by atoms with Crippen molar-refractivity contribution >= 4 is 11.5 Å². The normalized spacial score (nSPS) is 19.0. The average Bonchev–Trinajstić information content (AvgIpc) is 2.72. The first kappa shape index (κ1) is 17.7. The van der Waals surface area contributed by atoms with E-state index in [0.717, 1.165) is 37.2 Å². The zero-order valence-electron chi connectivity index (χ0n) is 15.2. The van der Waals surface area contributed by atoms with Crippen molar-refractivity contribution in [1.82, 2.24) is 4.98 Å². The van der Waals surface area contributed by atoms with Crippen molar-refractivity contribution in [2.24, 2.45) is 0 Å². The van der Waals surface area contributed by atoms with Gasteiger partial charge in [-0.2, -0.15) is 0 Å². The summed E-state index contributed by atoms with van der Waals surface area (Å²) in [6.45, 7) is 2.14. The molecule has 0 unspecified atom stereocenters. The quantitative estimate of drug-likeness (QED) is 0.865. The van der Waals surface area contributed by atoms with Crippen LogP contribution >= 0.6 is 0 Å². The number of pyridine rings is 1. The van der Waals surface area contributed by atoms with Crippen molar-refractivity contribution in [2.75, 3.05) is 19.8 Å². The standard InChI is InChI=1S/C22H23NO4/c24-22(25)20-5-9-23-14-18(20)2-1-16-8-12-27-21-13-17(3-4-19(16)21)15-6-10-26-11-7-15/h3-6,9,13-14,16H,1-2,7-8,10-12H2,(H,24,25)/t16-/m0/s1. The molecule has 5 heteroatoms. The van der Waals surface area contributed by atoms with Crippen LogP contribution in [0.3, 0.4) is 0 Å². The smallest absolute Gasteiger partial charge is 0.336 e. The van der Waals surface area contributed by atoms with Gasteiger partial charge in [-0.15, -0.1) is 0 Å². The molecule has 2 aliphatic heterocycles. The number of carboxylic acid groups (broad SMARTS) is 1. The number of fused-ring (bicyclic) bond motifs is 1. The van der Waals surface area contributed by atoms with Crippen molar-refractivity contribution in [3.63, 3.8) is 0 Å². The summed E-state index contributed by atoms with van der Waals surface area (Å²) in [5, 5.41) is 9.35. The van der Waals surface area contributed by atoms with Crippen LogP contribution in [0.1, 0.15) is 52.2 Å². The molecule has 3 heterocycles. The summed E-state index contributed by atoms with van der Waals surface area (Å²) in [7, 11) is 0. The molecule has 0 aliphatic carbocycles. The van der Waals surface area contributed by atoms with Crippen LogP contribution in [-0.4, -0.2) is 35.9 Å². The van der Waals surface area contributed by atoms with Gasteiger partial charge >= 0.3 is 5.97 Å². The molecule has 140 valence electrons. The molecule has 2 aromatic rings. The van der Waals surface area contributed by atoms with E-state index in [-0.39, 0.29) is 0 Å². The van der Waals surface area contributed by atoms with Crippen LogP contribution < -0.4 is 4.74 Å². The van der Waals surface area contributed by atoms with E-state index < -0.39 is 5.97 Å². The first-order valence-corrected chi connectivity index (χ1v) is 9.42. The van der Waals surface area contributed by atoms with Crippen molar-refractivity contribution in [2.45, 2.75) is 31.6 Å². The summed E-state index contributed by atoms with van der Waals surface area (Å²) in [4.78, 5) is 15.5. The van der Waals surface area contributed by atoms with Crippen LogP contribution in [0.2, 0.25) is 0 Å². The number of benzene rings is 1. The molecule has 0 amide bonds. The lowest BCUT2D eigenvalue weighted by Gasteiger charge is -2.27. The second-order valence-electron chi connectivity index (χ2n) is 7.02. The van der Waals surface area contributed by atoms with Crippen LogP contribution in [0.25, 0.3) is 5.57 Å². The lowest BCUT2D eigenvalue weighted by molar-refractivity contribution is 0.0695. The highest BCUT2D eigenvalue weighted by atomic mass is 16.5. The number of hydrogen-bond donors (Lipinski definition) is 1. The third-order valence-electron chi connectivity index (χ3n) is 5.41. The largest absolute Gasteiger partial charge is 0.493 e. The Morgan fingerprint density at radius 1 is 1.26 bits per heavy atom. The molecule has 4 rings (SSSR count). The zero-order valence-corrected chi connectivity index (χ0v) is 15.2. The summed E-state index contributed by atoms with van der Waals surface area (Å²) in [5.41, 5.74) is 4.88. The minimum atomic E-state index is -0.894. The first-order chi connectivity index (χ1) is 13.2. The molecule has 27 heavy (non-hydrogen) atoms. The van der Waals surface area contributed by atoms with Gasteiger partial charge in [0.15, 0.2) is 0 Å². The summed E-state index contributed by atoms with van der Waals surface area (Å²) in [5.74, 6) is 0.434. The summed E-state index contributed by atoms with van der Waals surface area (Å²) >= 11 is 0. The predicted octanol–water partition coefficient (Wildman–Crippen LogP) is 4.08. The Bertz CT molecular complexity index is 874. The lowest BCUT2D eigenvalue weighted by Crippen LogP contribution is -2.16. The molecule has 1 aromatic carbocycles. The second-order valence-corrected chi connectivity index (χ2v) is 7.02. The Morgan fingerprint density at radius 3 is 3.00 bits per heavy atom. The van der Waals surface area contributed by atoms with Crippen LogP contribution in [0.15, 0.2) is 42.7 Å². The minimum absolute atomic E-state index is 0.346. The molecular formula is C22H23NO4. The molecule has 0 spiro atoms. The average molecular weight is 365 g/mol. The maximum absolute atomic E-state index is 11.4. The number of nitrogens with zero attached hydrogens (tertiary/aromatic N) is 1. The fraction of sp³-hybridized carbons (Fsp3) is 0.364. The molecule has 1 N–H and O–H groups in total. The Morgan fingerprint density at radius 2 is 2.19 bits per heavy atom. The third kappa shape index (κ3) is 3.88. The number of carbonyl (C=O) groups is 1. The van der Waals surface area contributed by atoms with Crippen molar-refractivity contribution < 1.29 is 19.4 Å². The Labute approximate surface area is 158 Å². The van der Waals surface area contributed by atoms with Gasteiger partial charge in [0.2, 0.25) is 0 Å². The molecule has 2 aliphatic rings.